The fourth-order valence-electron chi connectivity index (χ4n) is 6.99. The second kappa shape index (κ2) is 7.74. The number of likely N-dealkylation sites (tertiary alicyclic amines) is 2. The molecule has 2 saturated carbocycles. The average Bonchev–Trinajstić information content (AvgIpc) is 2.63. The summed E-state index contributed by atoms with van der Waals surface area (Å²) in [6, 6.07) is 0.747. The molecule has 0 radical (unpaired) electrons. The van der Waals surface area contributed by atoms with Gasteiger partial charge in [-0.05, 0) is 127 Å². The van der Waals surface area contributed by atoms with Gasteiger partial charge >= 0.3 is 0 Å². The molecule has 2 heteroatoms. The Kier molecular flexibility index (Phi) is 5.73. The van der Waals surface area contributed by atoms with Gasteiger partial charge in [0, 0.05) is 12.6 Å². The highest BCUT2D eigenvalue weighted by molar-refractivity contribution is 4.99. The molecule has 2 heterocycles. The average molecular weight is 361 g/mol. The first-order valence-electron chi connectivity index (χ1n) is 12.0. The van der Waals surface area contributed by atoms with Gasteiger partial charge in [0.15, 0.2) is 0 Å². The molecule has 2 spiro atoms. The summed E-state index contributed by atoms with van der Waals surface area (Å²) in [6.45, 7) is 14.1. The Balaban J connectivity index is 1.17. The van der Waals surface area contributed by atoms with Gasteiger partial charge in [0.25, 0.3) is 0 Å². The molecule has 2 saturated heterocycles. The monoisotopic (exact) mass is 360 g/mol. The summed E-state index contributed by atoms with van der Waals surface area (Å²) in [7, 11) is 0. The van der Waals surface area contributed by atoms with Crippen molar-refractivity contribution in [3.63, 3.8) is 0 Å². The second-order valence-electron chi connectivity index (χ2n) is 11.1. The SMILES string of the molecule is CCC1CCC2(CC1)CCN(CC1CC3(CCN(C(C)C)CC3)C1)CC2. The predicted octanol–water partition coefficient (Wildman–Crippen LogP) is 5.57. The zero-order valence-electron chi connectivity index (χ0n) is 17.9. The van der Waals surface area contributed by atoms with Crippen molar-refractivity contribution in [2.45, 2.75) is 97.4 Å². The van der Waals surface area contributed by atoms with Gasteiger partial charge in [0.05, 0.1) is 0 Å². The molecule has 0 amide bonds. The van der Waals surface area contributed by atoms with Crippen LogP contribution in [-0.2, 0) is 0 Å². The Morgan fingerprint density at radius 3 is 1.88 bits per heavy atom. The maximum atomic E-state index is 2.85. The molecule has 0 aromatic rings. The molecular formula is C24H44N2. The first-order valence-corrected chi connectivity index (χ1v) is 12.0. The van der Waals surface area contributed by atoms with E-state index in [0.29, 0.717) is 0 Å². The van der Waals surface area contributed by atoms with Gasteiger partial charge in [-0.2, -0.15) is 0 Å². The highest BCUT2D eigenvalue weighted by atomic mass is 15.2. The summed E-state index contributed by atoms with van der Waals surface area (Å²) >= 11 is 0. The molecule has 2 aliphatic heterocycles. The van der Waals surface area contributed by atoms with E-state index in [9.17, 15) is 0 Å². The van der Waals surface area contributed by atoms with Gasteiger partial charge in [0.1, 0.15) is 0 Å². The molecule has 0 atom stereocenters. The molecule has 150 valence electrons. The minimum atomic E-state index is 0.747. The third kappa shape index (κ3) is 4.02. The van der Waals surface area contributed by atoms with Crippen molar-refractivity contribution >= 4 is 0 Å². The van der Waals surface area contributed by atoms with E-state index in [0.717, 1.165) is 28.7 Å². The zero-order valence-corrected chi connectivity index (χ0v) is 17.9. The lowest BCUT2D eigenvalue weighted by atomic mass is 9.57. The van der Waals surface area contributed by atoms with Crippen molar-refractivity contribution in [3.8, 4) is 0 Å². The van der Waals surface area contributed by atoms with Crippen molar-refractivity contribution in [1.29, 1.82) is 0 Å². The topological polar surface area (TPSA) is 6.48 Å². The maximum Gasteiger partial charge on any atom is 0.00385 e. The lowest BCUT2D eigenvalue weighted by Gasteiger charge is -2.54. The third-order valence-electron chi connectivity index (χ3n) is 9.21. The van der Waals surface area contributed by atoms with Gasteiger partial charge < -0.3 is 9.80 Å². The van der Waals surface area contributed by atoms with Crippen molar-refractivity contribution in [1.82, 2.24) is 9.80 Å². The summed E-state index contributed by atoms with van der Waals surface area (Å²) in [5.74, 6) is 2.07. The van der Waals surface area contributed by atoms with E-state index in [2.05, 4.69) is 30.6 Å². The molecule has 0 aromatic heterocycles. The van der Waals surface area contributed by atoms with Crippen LogP contribution >= 0.6 is 0 Å². The van der Waals surface area contributed by atoms with Crippen molar-refractivity contribution in [2.24, 2.45) is 22.7 Å². The van der Waals surface area contributed by atoms with Crippen molar-refractivity contribution < 1.29 is 0 Å². The lowest BCUT2D eigenvalue weighted by molar-refractivity contribution is -0.0408. The molecule has 2 nitrogen and oxygen atoms in total. The summed E-state index contributed by atoms with van der Waals surface area (Å²) in [5.41, 5.74) is 1.51. The van der Waals surface area contributed by atoms with E-state index in [1.807, 2.05) is 0 Å². The highest BCUT2D eigenvalue weighted by Crippen LogP contribution is 2.53. The zero-order chi connectivity index (χ0) is 18.2. The number of hydrogen-bond donors (Lipinski definition) is 0. The van der Waals surface area contributed by atoms with Crippen LogP contribution in [0.4, 0.5) is 0 Å². The Bertz CT molecular complexity index is 437. The van der Waals surface area contributed by atoms with E-state index in [1.165, 1.54) is 90.5 Å². The largest absolute Gasteiger partial charge is 0.303 e. The van der Waals surface area contributed by atoms with Crippen LogP contribution in [0.25, 0.3) is 0 Å². The summed E-state index contributed by atoms with van der Waals surface area (Å²) < 4.78 is 0. The Labute approximate surface area is 163 Å². The number of rotatable bonds is 4. The van der Waals surface area contributed by atoms with Gasteiger partial charge in [-0.3, -0.25) is 0 Å². The molecular weight excluding hydrogens is 316 g/mol. The van der Waals surface area contributed by atoms with Gasteiger partial charge in [-0.15, -0.1) is 0 Å². The van der Waals surface area contributed by atoms with Gasteiger partial charge in [0.2, 0.25) is 0 Å². The van der Waals surface area contributed by atoms with Crippen LogP contribution in [0.5, 0.6) is 0 Å². The fraction of sp³-hybridized carbons (Fsp3) is 1.00. The Morgan fingerprint density at radius 1 is 0.769 bits per heavy atom. The van der Waals surface area contributed by atoms with Crippen LogP contribution in [0.3, 0.4) is 0 Å². The predicted molar refractivity (Wildman–Crippen MR) is 111 cm³/mol. The van der Waals surface area contributed by atoms with Crippen LogP contribution < -0.4 is 0 Å². The summed E-state index contributed by atoms with van der Waals surface area (Å²) in [6.07, 6.45) is 16.6. The van der Waals surface area contributed by atoms with Crippen LogP contribution in [-0.4, -0.2) is 48.6 Å². The molecule has 4 fully saturated rings. The van der Waals surface area contributed by atoms with Gasteiger partial charge in [-0.25, -0.2) is 0 Å². The first kappa shape index (κ1) is 19.2. The molecule has 0 unspecified atom stereocenters. The third-order valence-corrected chi connectivity index (χ3v) is 9.21. The second-order valence-corrected chi connectivity index (χ2v) is 11.1. The van der Waals surface area contributed by atoms with Gasteiger partial charge in [-0.1, -0.05) is 13.3 Å². The number of hydrogen-bond acceptors (Lipinski definition) is 2. The molecule has 0 bridgehead atoms. The number of piperidine rings is 2. The Morgan fingerprint density at radius 2 is 1.35 bits per heavy atom. The standard InChI is InChI=1S/C24H44N2/c1-4-21-5-7-23(8-6-21)9-13-25(14-10-23)19-22-17-24(18-22)11-15-26(16-12-24)20(2)3/h20-22H,4-19H2,1-3H3. The fourth-order valence-corrected chi connectivity index (χ4v) is 6.99. The van der Waals surface area contributed by atoms with E-state index >= 15 is 0 Å². The van der Waals surface area contributed by atoms with Crippen molar-refractivity contribution in [2.75, 3.05) is 32.7 Å². The first-order chi connectivity index (χ1) is 12.5. The summed E-state index contributed by atoms with van der Waals surface area (Å²) in [5, 5.41) is 0. The minimum Gasteiger partial charge on any atom is -0.303 e. The van der Waals surface area contributed by atoms with E-state index in [4.69, 9.17) is 0 Å². The quantitative estimate of drug-likeness (QED) is 0.646. The van der Waals surface area contributed by atoms with Crippen LogP contribution in [0, 0.1) is 22.7 Å². The van der Waals surface area contributed by atoms with E-state index in [1.54, 1.807) is 12.8 Å². The highest BCUT2D eigenvalue weighted by Gasteiger charge is 2.46. The molecule has 0 N–H and O–H groups in total. The molecule has 26 heavy (non-hydrogen) atoms. The normalized spacial score (nSPS) is 33.0. The van der Waals surface area contributed by atoms with Crippen molar-refractivity contribution in [3.05, 3.63) is 0 Å². The minimum absolute atomic E-state index is 0.747. The molecule has 2 aliphatic carbocycles. The van der Waals surface area contributed by atoms with E-state index in [-0.39, 0.29) is 0 Å². The molecule has 4 aliphatic rings. The lowest BCUT2D eigenvalue weighted by Crippen LogP contribution is -2.52. The molecule has 4 rings (SSSR count). The smallest absolute Gasteiger partial charge is 0.00385 e. The maximum absolute atomic E-state index is 2.85. The molecule has 0 aromatic carbocycles. The van der Waals surface area contributed by atoms with Crippen LogP contribution in [0.2, 0.25) is 0 Å². The van der Waals surface area contributed by atoms with Crippen LogP contribution in [0.1, 0.15) is 91.4 Å². The van der Waals surface area contributed by atoms with E-state index < -0.39 is 0 Å². The summed E-state index contributed by atoms with van der Waals surface area (Å²) in [4.78, 5) is 5.54. The van der Waals surface area contributed by atoms with Crippen LogP contribution in [0.15, 0.2) is 0 Å². The Hall–Kier alpha value is -0.0800. The number of nitrogens with zero attached hydrogens (tertiary/aromatic N) is 2.